The number of nitrogens with zero attached hydrogens (tertiary/aromatic N) is 4. The van der Waals surface area contributed by atoms with Gasteiger partial charge in [-0.15, -0.1) is 0 Å². The summed E-state index contributed by atoms with van der Waals surface area (Å²) in [5, 5.41) is 10.2. The second kappa shape index (κ2) is 7.89. The Morgan fingerprint density at radius 1 is 1.36 bits per heavy atom. The molecule has 3 aromatic rings. The fourth-order valence-corrected chi connectivity index (χ4v) is 4.50. The first kappa shape index (κ1) is 18.3. The molecule has 1 unspecified atom stereocenters. The van der Waals surface area contributed by atoms with Crippen LogP contribution in [0.15, 0.2) is 36.8 Å². The molecule has 1 saturated heterocycles. The van der Waals surface area contributed by atoms with Crippen molar-refractivity contribution in [3.63, 3.8) is 0 Å². The molecule has 1 aliphatic rings. The van der Waals surface area contributed by atoms with E-state index in [1.54, 1.807) is 6.33 Å². The maximum absolute atomic E-state index is 9.10. The lowest BCUT2D eigenvalue weighted by atomic mass is 9.84. The first-order valence-corrected chi connectivity index (χ1v) is 10.0. The molecule has 4 rings (SSSR count). The van der Waals surface area contributed by atoms with E-state index >= 15 is 0 Å². The van der Waals surface area contributed by atoms with Gasteiger partial charge in [-0.05, 0) is 54.9 Å². The van der Waals surface area contributed by atoms with E-state index in [-0.39, 0.29) is 0 Å². The van der Waals surface area contributed by atoms with Gasteiger partial charge in [-0.2, -0.15) is 5.26 Å². The van der Waals surface area contributed by atoms with Gasteiger partial charge in [-0.25, -0.2) is 9.97 Å². The second-order valence-corrected chi connectivity index (χ2v) is 7.71. The predicted molar refractivity (Wildman–Crippen MR) is 112 cm³/mol. The SMILES string of the molecule is CCCC(C[C@@H]1CCN(c2ncnc3[nH]ccc23)C1)c1ccc(C#N)cc1N. The van der Waals surface area contributed by atoms with Crippen molar-refractivity contribution in [3.05, 3.63) is 47.9 Å². The Bertz CT molecular complexity index is 1000. The molecule has 0 saturated carbocycles. The van der Waals surface area contributed by atoms with E-state index in [1.165, 1.54) is 5.56 Å². The zero-order valence-electron chi connectivity index (χ0n) is 16.2. The normalized spacial score (nSPS) is 17.7. The molecule has 6 nitrogen and oxygen atoms in total. The number of H-pyrrole nitrogens is 1. The maximum Gasteiger partial charge on any atom is 0.142 e. The van der Waals surface area contributed by atoms with Crippen LogP contribution in [0.3, 0.4) is 0 Å². The molecule has 1 aliphatic heterocycles. The number of nitrogens with two attached hydrogens (primary N) is 1. The van der Waals surface area contributed by atoms with E-state index in [4.69, 9.17) is 11.0 Å². The van der Waals surface area contributed by atoms with Gasteiger partial charge in [0.05, 0.1) is 17.0 Å². The highest BCUT2D eigenvalue weighted by atomic mass is 15.2. The Hall–Kier alpha value is -3.07. The lowest BCUT2D eigenvalue weighted by Gasteiger charge is -2.23. The van der Waals surface area contributed by atoms with Gasteiger partial charge in [0.2, 0.25) is 0 Å². The van der Waals surface area contributed by atoms with Crippen LogP contribution in [0.4, 0.5) is 11.5 Å². The second-order valence-electron chi connectivity index (χ2n) is 7.71. The zero-order chi connectivity index (χ0) is 19.5. The van der Waals surface area contributed by atoms with Crippen LogP contribution in [0.25, 0.3) is 11.0 Å². The topological polar surface area (TPSA) is 94.6 Å². The van der Waals surface area contributed by atoms with Crippen LogP contribution in [0.2, 0.25) is 0 Å². The largest absolute Gasteiger partial charge is 0.398 e. The van der Waals surface area contributed by atoms with Crippen molar-refractivity contribution in [3.8, 4) is 6.07 Å². The van der Waals surface area contributed by atoms with Crippen molar-refractivity contribution in [2.45, 2.75) is 38.5 Å². The number of nitrogen functional groups attached to an aromatic ring is 1. The minimum atomic E-state index is 0.431. The van der Waals surface area contributed by atoms with Gasteiger partial charge in [0, 0.05) is 25.0 Å². The Morgan fingerprint density at radius 3 is 3.04 bits per heavy atom. The molecule has 0 amide bonds. The van der Waals surface area contributed by atoms with Crippen LogP contribution in [0.5, 0.6) is 0 Å². The van der Waals surface area contributed by atoms with Crippen LogP contribution in [0, 0.1) is 17.2 Å². The van der Waals surface area contributed by atoms with E-state index < -0.39 is 0 Å². The number of hydrogen-bond acceptors (Lipinski definition) is 5. The fraction of sp³-hybridized carbons (Fsp3) is 0.409. The fourth-order valence-electron chi connectivity index (χ4n) is 4.50. The lowest BCUT2D eigenvalue weighted by molar-refractivity contribution is 0.448. The van der Waals surface area contributed by atoms with Crippen LogP contribution in [-0.2, 0) is 0 Å². The van der Waals surface area contributed by atoms with E-state index in [1.807, 2.05) is 18.3 Å². The molecule has 2 atom stereocenters. The predicted octanol–water partition coefficient (Wildman–Crippen LogP) is 4.21. The lowest BCUT2D eigenvalue weighted by Crippen LogP contribution is -2.21. The molecule has 3 N–H and O–H groups in total. The molecule has 0 spiro atoms. The van der Waals surface area contributed by atoms with Gasteiger partial charge in [0.1, 0.15) is 17.8 Å². The van der Waals surface area contributed by atoms with Crippen LogP contribution < -0.4 is 10.6 Å². The van der Waals surface area contributed by atoms with Crippen molar-refractivity contribution >= 4 is 22.5 Å². The number of aromatic nitrogens is 3. The maximum atomic E-state index is 9.10. The summed E-state index contributed by atoms with van der Waals surface area (Å²) in [7, 11) is 0. The molecular weight excluding hydrogens is 348 g/mol. The minimum absolute atomic E-state index is 0.431. The number of nitriles is 1. The third-order valence-electron chi connectivity index (χ3n) is 5.83. The van der Waals surface area contributed by atoms with Crippen LogP contribution in [-0.4, -0.2) is 28.0 Å². The first-order valence-electron chi connectivity index (χ1n) is 10.0. The van der Waals surface area contributed by atoms with Gasteiger partial charge in [-0.3, -0.25) is 0 Å². The quantitative estimate of drug-likeness (QED) is 0.630. The third-order valence-corrected chi connectivity index (χ3v) is 5.83. The molecule has 144 valence electrons. The highest BCUT2D eigenvalue weighted by Gasteiger charge is 2.28. The molecule has 2 aromatic heterocycles. The van der Waals surface area contributed by atoms with E-state index in [9.17, 15) is 0 Å². The van der Waals surface area contributed by atoms with Crippen LogP contribution in [0.1, 0.15) is 49.7 Å². The number of fused-ring (bicyclic) bond motifs is 1. The molecule has 6 heteroatoms. The highest BCUT2D eigenvalue weighted by molar-refractivity contribution is 5.87. The summed E-state index contributed by atoms with van der Waals surface area (Å²) in [5.41, 5.74) is 9.74. The summed E-state index contributed by atoms with van der Waals surface area (Å²) in [6.45, 7) is 4.24. The van der Waals surface area contributed by atoms with Gasteiger partial charge >= 0.3 is 0 Å². The molecule has 3 heterocycles. The first-order chi connectivity index (χ1) is 13.7. The zero-order valence-corrected chi connectivity index (χ0v) is 16.2. The van der Waals surface area contributed by atoms with Gasteiger partial charge in [-0.1, -0.05) is 19.4 Å². The molecular formula is C22H26N6. The van der Waals surface area contributed by atoms with Gasteiger partial charge < -0.3 is 15.6 Å². The third kappa shape index (κ3) is 3.53. The Labute approximate surface area is 165 Å². The van der Waals surface area contributed by atoms with E-state index in [0.717, 1.165) is 61.3 Å². The average Bonchev–Trinajstić information content (AvgIpc) is 3.36. The summed E-state index contributed by atoms with van der Waals surface area (Å²) in [6.07, 6.45) is 8.06. The number of anilines is 2. The van der Waals surface area contributed by atoms with Gasteiger partial charge in [0.25, 0.3) is 0 Å². The van der Waals surface area contributed by atoms with Crippen molar-refractivity contribution < 1.29 is 0 Å². The molecule has 0 radical (unpaired) electrons. The Morgan fingerprint density at radius 2 is 2.25 bits per heavy atom. The molecule has 0 aliphatic carbocycles. The minimum Gasteiger partial charge on any atom is -0.398 e. The van der Waals surface area contributed by atoms with Crippen molar-refractivity contribution in [1.29, 1.82) is 5.26 Å². The summed E-state index contributed by atoms with van der Waals surface area (Å²) in [4.78, 5) is 14.4. The van der Waals surface area contributed by atoms with E-state index in [0.29, 0.717) is 17.4 Å². The Balaban J connectivity index is 1.50. The van der Waals surface area contributed by atoms with Crippen LogP contribution >= 0.6 is 0 Å². The standard InChI is InChI=1S/C22H26N6/c1-2-3-17(18-5-4-15(12-23)11-20(18)24)10-16-7-9-28(13-16)22-19-6-8-25-21(19)26-14-27-22/h4-6,8,11,14,16-17H,2-3,7,9-10,13,24H2,1H3,(H,25,26,27)/t16-,17?/m0/s1. The molecule has 0 bridgehead atoms. The van der Waals surface area contributed by atoms with Crippen molar-refractivity contribution in [2.75, 3.05) is 23.7 Å². The number of hydrogen-bond donors (Lipinski definition) is 2. The number of nitrogens with one attached hydrogen (secondary N) is 1. The molecule has 1 aromatic carbocycles. The summed E-state index contributed by atoms with van der Waals surface area (Å²) in [6, 6.07) is 9.97. The monoisotopic (exact) mass is 374 g/mol. The number of aromatic amines is 1. The summed E-state index contributed by atoms with van der Waals surface area (Å²) in [5.74, 6) is 2.06. The van der Waals surface area contributed by atoms with Crippen molar-refractivity contribution in [2.24, 2.45) is 5.92 Å². The number of rotatable bonds is 6. The van der Waals surface area contributed by atoms with E-state index in [2.05, 4.69) is 45.0 Å². The average molecular weight is 374 g/mol. The van der Waals surface area contributed by atoms with Crippen molar-refractivity contribution in [1.82, 2.24) is 15.0 Å². The molecule has 1 fully saturated rings. The molecule has 28 heavy (non-hydrogen) atoms. The summed E-state index contributed by atoms with van der Waals surface area (Å²) >= 11 is 0. The smallest absolute Gasteiger partial charge is 0.142 e. The highest BCUT2D eigenvalue weighted by Crippen LogP contribution is 2.37. The summed E-state index contributed by atoms with van der Waals surface area (Å²) < 4.78 is 0. The Kier molecular flexibility index (Phi) is 5.16. The van der Waals surface area contributed by atoms with Gasteiger partial charge in [0.15, 0.2) is 0 Å². The number of benzene rings is 1.